The number of imide groups is 1. The lowest BCUT2D eigenvalue weighted by Crippen LogP contribution is -2.49. The summed E-state index contributed by atoms with van der Waals surface area (Å²) in [6.45, 7) is 7.36. The van der Waals surface area contributed by atoms with E-state index in [0.717, 1.165) is 10.5 Å². The van der Waals surface area contributed by atoms with E-state index in [-0.39, 0.29) is 149 Å². The number of halogens is 1. The first-order chi connectivity index (χ1) is 41.3. The fourth-order valence-corrected chi connectivity index (χ4v) is 11.6. The van der Waals surface area contributed by atoms with Crippen LogP contribution in [-0.2, 0) is 93.8 Å². The number of nitrogens with zero attached hydrogens (tertiary/aromatic N) is 3. The molecular weight excluding hydrogens is 1130 g/mol. The highest BCUT2D eigenvalue weighted by Crippen LogP contribution is 2.46. The van der Waals surface area contributed by atoms with Crippen molar-refractivity contribution in [1.82, 2.24) is 35.7 Å². The van der Waals surface area contributed by atoms with E-state index in [2.05, 4.69) is 21.3 Å². The number of carbonyl (C=O) groups is 11. The van der Waals surface area contributed by atoms with Gasteiger partial charge in [-0.1, -0.05) is 43.7 Å². The number of ketones is 3. The number of hydrogen-bond acceptors (Lipinski definition) is 16. The van der Waals surface area contributed by atoms with Crippen molar-refractivity contribution >= 4 is 75.6 Å². The van der Waals surface area contributed by atoms with Crippen LogP contribution in [0.2, 0.25) is 0 Å². The lowest BCUT2D eigenvalue weighted by atomic mass is 9.81. The van der Waals surface area contributed by atoms with Crippen LogP contribution in [0.25, 0.3) is 22.3 Å². The number of cyclic esters (lactones) is 1. The molecule has 3 aliphatic heterocycles. The predicted molar refractivity (Wildman–Crippen MR) is 312 cm³/mol. The Kier molecular flexibility index (Phi) is 20.6. The van der Waals surface area contributed by atoms with Gasteiger partial charge in [-0.2, -0.15) is 0 Å². The van der Waals surface area contributed by atoms with E-state index in [1.54, 1.807) is 71.0 Å². The Morgan fingerprint density at radius 1 is 0.805 bits per heavy atom. The third-order valence-corrected chi connectivity index (χ3v) is 16.2. The molecule has 1 aliphatic carbocycles. The summed E-state index contributed by atoms with van der Waals surface area (Å²) in [6.07, 6.45) is 4.22. The Morgan fingerprint density at radius 3 is 2.21 bits per heavy atom. The van der Waals surface area contributed by atoms with Crippen LogP contribution in [0.4, 0.5) is 4.39 Å². The summed E-state index contributed by atoms with van der Waals surface area (Å²) in [6, 6.07) is 9.54. The van der Waals surface area contributed by atoms with Crippen molar-refractivity contribution in [3.63, 3.8) is 0 Å². The average Bonchev–Trinajstić information content (AvgIpc) is 1.86. The molecule has 0 bridgehead atoms. The number of aryl methyl sites for hydroxylation is 1. The summed E-state index contributed by atoms with van der Waals surface area (Å²) < 4.78 is 27.9. The van der Waals surface area contributed by atoms with Gasteiger partial charge in [0.05, 0.1) is 54.6 Å². The van der Waals surface area contributed by atoms with Gasteiger partial charge < -0.3 is 40.4 Å². The molecular formula is C64H74FN7O15. The Bertz CT molecular complexity index is 3520. The second kappa shape index (κ2) is 27.8. The van der Waals surface area contributed by atoms with Crippen LogP contribution in [0.1, 0.15) is 163 Å². The number of aromatic nitrogens is 2. The minimum atomic E-state index is -2.10. The van der Waals surface area contributed by atoms with Crippen LogP contribution in [0.15, 0.2) is 59.4 Å². The van der Waals surface area contributed by atoms with Gasteiger partial charge in [0, 0.05) is 85.7 Å². The lowest BCUT2D eigenvalue weighted by molar-refractivity contribution is -0.172. The number of esters is 2. The van der Waals surface area contributed by atoms with Gasteiger partial charge >= 0.3 is 11.9 Å². The number of aliphatic hydroxyl groups is 1. The third-order valence-electron chi connectivity index (χ3n) is 16.2. The molecule has 2 aromatic heterocycles. The monoisotopic (exact) mass is 1200 g/mol. The first-order valence-corrected chi connectivity index (χ1v) is 29.7. The van der Waals surface area contributed by atoms with E-state index < -0.39 is 88.4 Å². The minimum absolute atomic E-state index is 0.0185. The van der Waals surface area contributed by atoms with Gasteiger partial charge in [-0.15, -0.1) is 0 Å². The van der Waals surface area contributed by atoms with Crippen molar-refractivity contribution in [1.29, 1.82) is 0 Å². The number of rotatable bonds is 29. The molecule has 6 amide bonds. The molecule has 0 saturated heterocycles. The quantitative estimate of drug-likeness (QED) is 0.0242. The van der Waals surface area contributed by atoms with E-state index in [1.807, 2.05) is 0 Å². The first-order valence-electron chi connectivity index (χ1n) is 29.7. The van der Waals surface area contributed by atoms with Crippen LogP contribution in [0, 0.1) is 18.7 Å². The zero-order chi connectivity index (χ0) is 62.9. The van der Waals surface area contributed by atoms with Crippen LogP contribution in [0.5, 0.6) is 0 Å². The zero-order valence-corrected chi connectivity index (χ0v) is 49.7. The molecule has 4 aliphatic rings. The van der Waals surface area contributed by atoms with Gasteiger partial charge in [0.1, 0.15) is 29.9 Å². The highest BCUT2D eigenvalue weighted by molar-refractivity contribution is 6.12. The van der Waals surface area contributed by atoms with Crippen molar-refractivity contribution in [3.05, 3.63) is 110 Å². The van der Waals surface area contributed by atoms with Crippen molar-refractivity contribution in [2.24, 2.45) is 5.92 Å². The summed E-state index contributed by atoms with van der Waals surface area (Å²) >= 11 is 0. The normalized spacial score (nSPS) is 17.2. The van der Waals surface area contributed by atoms with Gasteiger partial charge in [-0.05, 0) is 107 Å². The number of carbonyl (C=O) groups excluding carboxylic acids is 11. The van der Waals surface area contributed by atoms with Gasteiger partial charge in [-0.3, -0.25) is 57.6 Å². The van der Waals surface area contributed by atoms with E-state index >= 15 is 4.39 Å². The van der Waals surface area contributed by atoms with Crippen molar-refractivity contribution in [2.75, 3.05) is 19.6 Å². The topological polar surface area (TPSA) is 313 Å². The molecule has 0 fully saturated rings. The second-order valence-electron chi connectivity index (χ2n) is 23.7. The van der Waals surface area contributed by atoms with Gasteiger partial charge in [0.25, 0.3) is 17.4 Å². The van der Waals surface area contributed by atoms with Crippen molar-refractivity contribution < 1.29 is 71.7 Å². The standard InChI is InChI=1S/C64H74FN7O15/c1-6-64(85)45-29-50-58-43(34-72(50)61(83)44(45)35-86-62(64)84)57-47(22-21-42-36(2)46(65)30-48(69-58)56(42)57)70-60(82)49(31-55(80)87-63(3,4)5)68-52(77)19-13-12-18-40(74)32-67-59(81)38(27-37-15-9-7-10-16-37)28-41(75)33-66-51(76)23-20-39(73)17-11-8-14-26-71-53(78)24-25-54(71)79/h7,9-10,15-16,24-25,29-30,38,47,49,85H,6,8,11-14,17-23,26-28,31-35H2,1-5H3,(H,66,76)(H,67,81)(H,68,77)(H,70,82)/t38-,47+,49+,64+/m1/s1. The summed E-state index contributed by atoms with van der Waals surface area (Å²) in [5, 5.41) is 22.9. The summed E-state index contributed by atoms with van der Waals surface area (Å²) in [5.74, 6) is -7.12. The predicted octanol–water partition coefficient (Wildman–Crippen LogP) is 4.86. The molecule has 23 heteroatoms. The third kappa shape index (κ3) is 15.5. The van der Waals surface area contributed by atoms with Gasteiger partial charge in [-0.25, -0.2) is 14.2 Å². The Hall–Kier alpha value is -8.60. The van der Waals surface area contributed by atoms with E-state index in [4.69, 9.17) is 14.5 Å². The number of unbranched alkanes of at least 4 members (excludes halogenated alkanes) is 3. The number of pyridine rings is 2. The maximum absolute atomic E-state index is 15.6. The number of Topliss-reactive ketones (excluding diaryl/α,β-unsaturated/α-hetero) is 3. The molecule has 87 heavy (non-hydrogen) atoms. The number of nitrogens with one attached hydrogen (secondary N) is 4. The van der Waals surface area contributed by atoms with Crippen LogP contribution in [-0.4, -0.2) is 116 Å². The highest BCUT2D eigenvalue weighted by atomic mass is 19.1. The second-order valence-corrected chi connectivity index (χ2v) is 23.7. The molecule has 5 heterocycles. The fourth-order valence-electron chi connectivity index (χ4n) is 11.6. The lowest BCUT2D eigenvalue weighted by Gasteiger charge is -2.31. The van der Waals surface area contributed by atoms with E-state index in [1.165, 1.54) is 22.8 Å². The van der Waals surface area contributed by atoms with E-state index in [9.17, 15) is 62.6 Å². The molecule has 4 aromatic rings. The Balaban J connectivity index is 0.843. The molecule has 0 unspecified atom stereocenters. The van der Waals surface area contributed by atoms with Gasteiger partial charge in [0.2, 0.25) is 23.6 Å². The van der Waals surface area contributed by atoms with Gasteiger partial charge in [0.15, 0.2) is 17.2 Å². The molecule has 0 saturated carbocycles. The van der Waals surface area contributed by atoms with Crippen LogP contribution < -0.4 is 26.8 Å². The number of benzene rings is 2. The summed E-state index contributed by atoms with van der Waals surface area (Å²) in [5.41, 5.74) is 0.404. The number of ether oxygens (including phenoxy) is 2. The molecule has 0 spiro atoms. The average molecular weight is 1200 g/mol. The number of fused-ring (bicyclic) bond motifs is 5. The molecule has 8 rings (SSSR count). The van der Waals surface area contributed by atoms with Crippen LogP contribution in [0.3, 0.4) is 0 Å². The first kappa shape index (κ1) is 64.4. The highest BCUT2D eigenvalue weighted by Gasteiger charge is 2.46. The largest absolute Gasteiger partial charge is 0.460 e. The number of amides is 6. The number of hydrogen-bond donors (Lipinski definition) is 5. The summed E-state index contributed by atoms with van der Waals surface area (Å²) in [7, 11) is 0. The smallest absolute Gasteiger partial charge is 0.343 e. The zero-order valence-electron chi connectivity index (χ0n) is 49.7. The maximum atomic E-state index is 15.6. The molecule has 2 aromatic carbocycles. The minimum Gasteiger partial charge on any atom is -0.460 e. The molecule has 5 N–H and O–H groups in total. The molecule has 22 nitrogen and oxygen atoms in total. The SMILES string of the molecule is CC[C@@]1(O)C(=O)OCc2c1cc1n(c2=O)Cc2c-1nc1cc(F)c(C)c3c1c2[C@@H](NC(=O)[C@H](CC(=O)OC(C)(C)C)NC(=O)CCCCC(=O)CNC(=O)[C@@H](CC(=O)CNC(=O)CCC(=O)CCCCCN1C(=O)C=CC1=O)Cc1ccccc1)CC3. The molecule has 0 radical (unpaired) electrons. The van der Waals surface area contributed by atoms with E-state index in [0.29, 0.717) is 59.0 Å². The summed E-state index contributed by atoms with van der Waals surface area (Å²) in [4.78, 5) is 163. The molecule has 462 valence electrons. The maximum Gasteiger partial charge on any atom is 0.343 e. The fraction of sp³-hybridized carbons (Fsp3) is 0.484. The van der Waals surface area contributed by atoms with Crippen molar-refractivity contribution in [3.8, 4) is 11.4 Å². The van der Waals surface area contributed by atoms with Crippen molar-refractivity contribution in [2.45, 2.75) is 174 Å². The van der Waals surface area contributed by atoms with Crippen LogP contribution >= 0.6 is 0 Å². The Morgan fingerprint density at radius 2 is 1.49 bits per heavy atom. The molecule has 4 atom stereocenters. The Labute approximate surface area is 501 Å².